The molecule has 6 nitrogen and oxygen atoms in total. The molecule has 1 aromatic carbocycles. The van der Waals surface area contributed by atoms with Crippen molar-refractivity contribution in [3.8, 4) is 11.5 Å². The Bertz CT molecular complexity index is 491. The Morgan fingerprint density at radius 1 is 1.23 bits per heavy atom. The van der Waals surface area contributed by atoms with Crippen LogP contribution in [0.1, 0.15) is 25.3 Å². The highest BCUT2D eigenvalue weighted by Crippen LogP contribution is 2.32. The maximum atomic E-state index is 12.3. The van der Waals surface area contributed by atoms with E-state index in [9.17, 15) is 4.79 Å². The van der Waals surface area contributed by atoms with Gasteiger partial charge in [-0.05, 0) is 25.0 Å². The average Bonchev–Trinajstić information content (AvgIpc) is 2.52. The second-order valence-electron chi connectivity index (χ2n) is 5.02. The van der Waals surface area contributed by atoms with Crippen LogP contribution >= 0.6 is 0 Å². The zero-order valence-electron chi connectivity index (χ0n) is 13.8. The van der Waals surface area contributed by atoms with E-state index in [2.05, 4.69) is 12.2 Å². The number of methoxy groups -OCH3 is 2. The van der Waals surface area contributed by atoms with Gasteiger partial charge in [-0.15, -0.1) is 0 Å². The molecule has 0 spiro atoms. The molecular weight excluding hydrogens is 284 g/mol. The lowest BCUT2D eigenvalue weighted by Gasteiger charge is -2.23. The van der Waals surface area contributed by atoms with E-state index in [1.54, 1.807) is 25.2 Å². The molecule has 0 radical (unpaired) electrons. The van der Waals surface area contributed by atoms with E-state index in [1.807, 2.05) is 13.0 Å². The van der Waals surface area contributed by atoms with Crippen molar-refractivity contribution in [2.24, 2.45) is 0 Å². The van der Waals surface area contributed by atoms with E-state index < -0.39 is 0 Å². The summed E-state index contributed by atoms with van der Waals surface area (Å²) in [7, 11) is 3.13. The fourth-order valence-electron chi connectivity index (χ4n) is 2.09. The number of aliphatic hydroxyl groups is 1. The van der Waals surface area contributed by atoms with Gasteiger partial charge in [0.25, 0.3) is 0 Å². The highest BCUT2D eigenvalue weighted by atomic mass is 16.5. The van der Waals surface area contributed by atoms with Gasteiger partial charge in [-0.2, -0.15) is 0 Å². The monoisotopic (exact) mass is 310 g/mol. The highest BCUT2D eigenvalue weighted by molar-refractivity contribution is 5.90. The molecule has 1 rings (SSSR count). The molecule has 6 heteroatoms. The number of ether oxygens (including phenoxy) is 2. The lowest BCUT2D eigenvalue weighted by molar-refractivity contribution is 0.187. The molecule has 0 atom stereocenters. The molecule has 0 aliphatic carbocycles. The molecule has 0 aromatic heterocycles. The summed E-state index contributed by atoms with van der Waals surface area (Å²) in [5, 5.41) is 12.0. The number of aliphatic hydroxyl groups excluding tert-OH is 1. The Morgan fingerprint density at radius 3 is 2.41 bits per heavy atom. The van der Waals surface area contributed by atoms with Crippen molar-refractivity contribution in [1.29, 1.82) is 0 Å². The third-order valence-electron chi connectivity index (χ3n) is 3.41. The van der Waals surface area contributed by atoms with Gasteiger partial charge in [-0.3, -0.25) is 0 Å². The van der Waals surface area contributed by atoms with Gasteiger partial charge < -0.3 is 24.8 Å². The van der Waals surface area contributed by atoms with Gasteiger partial charge in [-0.25, -0.2) is 4.79 Å². The molecule has 0 aliphatic rings. The number of nitrogens with one attached hydrogen (secondary N) is 1. The first-order valence-electron chi connectivity index (χ1n) is 7.46. The van der Waals surface area contributed by atoms with Crippen molar-refractivity contribution in [2.45, 2.75) is 26.7 Å². The van der Waals surface area contributed by atoms with Crippen LogP contribution in [0, 0.1) is 6.92 Å². The van der Waals surface area contributed by atoms with Crippen LogP contribution in [0.5, 0.6) is 11.5 Å². The maximum absolute atomic E-state index is 12.3. The number of unbranched alkanes of at least 4 members (excludes halogenated alkanes) is 1. The lowest BCUT2D eigenvalue weighted by Crippen LogP contribution is -2.37. The first kappa shape index (κ1) is 18.1. The minimum Gasteiger partial charge on any atom is -0.493 e. The Hall–Kier alpha value is -1.95. The molecule has 0 heterocycles. The number of benzene rings is 1. The maximum Gasteiger partial charge on any atom is 0.321 e. The molecule has 22 heavy (non-hydrogen) atoms. The summed E-state index contributed by atoms with van der Waals surface area (Å²) in [5.74, 6) is 1.18. The Balaban J connectivity index is 2.89. The summed E-state index contributed by atoms with van der Waals surface area (Å²) >= 11 is 0. The van der Waals surface area contributed by atoms with E-state index in [4.69, 9.17) is 14.6 Å². The lowest BCUT2D eigenvalue weighted by atomic mass is 10.1. The summed E-state index contributed by atoms with van der Waals surface area (Å²) in [6.45, 7) is 4.84. The van der Waals surface area contributed by atoms with Gasteiger partial charge >= 0.3 is 6.03 Å². The topological polar surface area (TPSA) is 71.0 Å². The van der Waals surface area contributed by atoms with E-state index in [-0.39, 0.29) is 12.6 Å². The number of aryl methyl sites for hydroxylation is 1. The standard InChI is InChI=1S/C16H26N2O4/c1-5-6-7-18(8-9-19)16(20)17-13-11-15(22-4)14(21-3)10-12(13)2/h10-11,19H,5-9H2,1-4H3,(H,17,20). The van der Waals surface area contributed by atoms with Crippen molar-refractivity contribution in [3.05, 3.63) is 17.7 Å². The van der Waals surface area contributed by atoms with E-state index in [1.165, 1.54) is 0 Å². The predicted octanol–water partition coefficient (Wildman–Crippen LogP) is 2.64. The SMILES string of the molecule is CCCCN(CCO)C(=O)Nc1cc(OC)c(OC)cc1C. The highest BCUT2D eigenvalue weighted by Gasteiger charge is 2.15. The molecule has 2 amide bonds. The number of rotatable bonds is 8. The van der Waals surface area contributed by atoms with E-state index in [0.717, 1.165) is 18.4 Å². The van der Waals surface area contributed by atoms with Gasteiger partial charge in [-0.1, -0.05) is 13.3 Å². The molecule has 124 valence electrons. The fourth-order valence-corrected chi connectivity index (χ4v) is 2.09. The van der Waals surface area contributed by atoms with Gasteiger partial charge in [0, 0.05) is 24.8 Å². The summed E-state index contributed by atoms with van der Waals surface area (Å²) < 4.78 is 10.5. The van der Waals surface area contributed by atoms with Gasteiger partial charge in [0.2, 0.25) is 0 Å². The Morgan fingerprint density at radius 2 is 1.86 bits per heavy atom. The molecule has 2 N–H and O–H groups in total. The second-order valence-corrected chi connectivity index (χ2v) is 5.02. The van der Waals surface area contributed by atoms with Gasteiger partial charge in [0.1, 0.15) is 0 Å². The first-order chi connectivity index (χ1) is 10.6. The quantitative estimate of drug-likeness (QED) is 0.774. The zero-order valence-corrected chi connectivity index (χ0v) is 13.8. The summed E-state index contributed by atoms with van der Waals surface area (Å²) in [6, 6.07) is 3.33. The molecule has 0 aliphatic heterocycles. The third-order valence-corrected chi connectivity index (χ3v) is 3.41. The number of hydrogen-bond acceptors (Lipinski definition) is 4. The Labute approximate surface area is 132 Å². The second kappa shape index (κ2) is 9.15. The smallest absolute Gasteiger partial charge is 0.321 e. The molecule has 0 saturated heterocycles. The number of amides is 2. The van der Waals surface area contributed by atoms with Crippen LogP contribution in [0.4, 0.5) is 10.5 Å². The Kier molecular flexibility index (Phi) is 7.52. The molecule has 0 unspecified atom stereocenters. The van der Waals surface area contributed by atoms with Crippen LogP contribution < -0.4 is 14.8 Å². The minimum absolute atomic E-state index is 0.0535. The van der Waals surface area contributed by atoms with Crippen LogP contribution in [0.3, 0.4) is 0 Å². The minimum atomic E-state index is -0.224. The third kappa shape index (κ3) is 4.80. The van der Waals surface area contributed by atoms with Crippen molar-refractivity contribution >= 4 is 11.7 Å². The van der Waals surface area contributed by atoms with Gasteiger partial charge in [0.05, 0.1) is 20.8 Å². The number of carbonyl (C=O) groups is 1. The molecular formula is C16H26N2O4. The summed E-state index contributed by atoms with van der Waals surface area (Å²) in [4.78, 5) is 14.0. The van der Waals surface area contributed by atoms with Crippen LogP contribution in [0.25, 0.3) is 0 Å². The van der Waals surface area contributed by atoms with Crippen molar-refractivity contribution in [2.75, 3.05) is 39.2 Å². The average molecular weight is 310 g/mol. The number of anilines is 1. The largest absolute Gasteiger partial charge is 0.493 e. The number of hydrogen-bond donors (Lipinski definition) is 2. The predicted molar refractivity (Wildman–Crippen MR) is 86.9 cm³/mol. The number of carbonyl (C=O) groups excluding carboxylic acids is 1. The van der Waals surface area contributed by atoms with Crippen molar-refractivity contribution in [3.63, 3.8) is 0 Å². The van der Waals surface area contributed by atoms with Crippen molar-refractivity contribution in [1.82, 2.24) is 4.90 Å². The molecule has 0 fully saturated rings. The molecule has 0 saturated carbocycles. The van der Waals surface area contributed by atoms with E-state index >= 15 is 0 Å². The van der Waals surface area contributed by atoms with Crippen LogP contribution in [0.2, 0.25) is 0 Å². The molecule has 1 aromatic rings. The van der Waals surface area contributed by atoms with Gasteiger partial charge in [0.15, 0.2) is 11.5 Å². The van der Waals surface area contributed by atoms with Crippen LogP contribution in [-0.4, -0.2) is 50.0 Å². The number of nitrogens with zero attached hydrogens (tertiary/aromatic N) is 1. The molecule has 0 bridgehead atoms. The van der Waals surface area contributed by atoms with Crippen LogP contribution in [0.15, 0.2) is 12.1 Å². The van der Waals surface area contributed by atoms with Crippen LogP contribution in [-0.2, 0) is 0 Å². The zero-order chi connectivity index (χ0) is 16.5. The first-order valence-corrected chi connectivity index (χ1v) is 7.46. The van der Waals surface area contributed by atoms with E-state index in [0.29, 0.717) is 30.3 Å². The summed E-state index contributed by atoms with van der Waals surface area (Å²) in [6.07, 6.45) is 1.89. The number of urea groups is 1. The normalized spacial score (nSPS) is 10.2. The summed E-state index contributed by atoms with van der Waals surface area (Å²) in [5.41, 5.74) is 1.55. The van der Waals surface area contributed by atoms with Crippen molar-refractivity contribution < 1.29 is 19.4 Å². The fraction of sp³-hybridized carbons (Fsp3) is 0.562.